The minimum atomic E-state index is -1.08. The molecule has 0 amide bonds. The summed E-state index contributed by atoms with van der Waals surface area (Å²) in [4.78, 5) is 21.7. The molecular formula is C24H30N2O6. The highest BCUT2D eigenvalue weighted by atomic mass is 16.5. The number of carboxylic acids is 2. The summed E-state index contributed by atoms with van der Waals surface area (Å²) < 4.78 is 11.8. The van der Waals surface area contributed by atoms with E-state index >= 15 is 0 Å². The monoisotopic (exact) mass is 442 g/mol. The van der Waals surface area contributed by atoms with Crippen molar-refractivity contribution in [2.24, 2.45) is 0 Å². The first-order valence-electron chi connectivity index (χ1n) is 10.9. The molecule has 0 aliphatic carbocycles. The fourth-order valence-corrected chi connectivity index (χ4v) is 3.68. The molecule has 0 saturated carbocycles. The summed E-state index contributed by atoms with van der Waals surface area (Å²) in [6.45, 7) is 5.34. The Morgan fingerprint density at radius 2 is 1.66 bits per heavy atom. The van der Waals surface area contributed by atoms with Gasteiger partial charge < -0.3 is 29.9 Å². The van der Waals surface area contributed by atoms with E-state index in [1.165, 1.54) is 16.8 Å². The fraction of sp³-hybridized carbons (Fsp3) is 0.417. The van der Waals surface area contributed by atoms with E-state index in [4.69, 9.17) is 19.7 Å². The molecule has 0 saturated heterocycles. The quantitative estimate of drug-likeness (QED) is 0.601. The SMILES string of the molecule is O=C(O)CCC(=O)O.c1ccc(OCCN2CCOc3cc4c(cc32)CCNCC4)cc1. The summed E-state index contributed by atoms with van der Waals surface area (Å²) in [7, 11) is 0. The standard InChI is InChI=1S/C20H24N2O2.C4H6O4/c1-2-4-18(5-3-1)23-12-10-22-11-13-24-20-15-17-7-9-21-8-6-16(17)14-19(20)22;5-3(6)1-2-4(7)8/h1-5,14-15,21H,6-13H2;1-2H2,(H,5,6)(H,7,8). The Bertz CT molecular complexity index is 889. The highest BCUT2D eigenvalue weighted by Gasteiger charge is 2.21. The maximum Gasteiger partial charge on any atom is 0.303 e. The van der Waals surface area contributed by atoms with E-state index in [1.807, 2.05) is 30.3 Å². The summed E-state index contributed by atoms with van der Waals surface area (Å²) in [6.07, 6.45) is 1.59. The lowest BCUT2D eigenvalue weighted by Gasteiger charge is -2.32. The van der Waals surface area contributed by atoms with Gasteiger partial charge in [-0.1, -0.05) is 18.2 Å². The number of anilines is 1. The highest BCUT2D eigenvalue weighted by Crippen LogP contribution is 2.35. The Labute approximate surface area is 187 Å². The summed E-state index contributed by atoms with van der Waals surface area (Å²) in [6, 6.07) is 14.6. The number of nitrogens with one attached hydrogen (secondary N) is 1. The molecule has 2 aromatic carbocycles. The van der Waals surface area contributed by atoms with Crippen LogP contribution in [0.5, 0.6) is 11.5 Å². The molecule has 2 aliphatic rings. The molecule has 2 heterocycles. The number of aliphatic carboxylic acids is 2. The van der Waals surface area contributed by atoms with Gasteiger partial charge >= 0.3 is 11.9 Å². The third kappa shape index (κ3) is 7.16. The Balaban J connectivity index is 0.000000312. The van der Waals surface area contributed by atoms with Crippen molar-refractivity contribution in [1.82, 2.24) is 5.32 Å². The molecule has 4 rings (SSSR count). The fourth-order valence-electron chi connectivity index (χ4n) is 3.68. The van der Waals surface area contributed by atoms with E-state index in [1.54, 1.807) is 0 Å². The van der Waals surface area contributed by atoms with Gasteiger partial charge in [0.1, 0.15) is 24.7 Å². The van der Waals surface area contributed by atoms with E-state index < -0.39 is 11.9 Å². The van der Waals surface area contributed by atoms with E-state index in [-0.39, 0.29) is 12.8 Å². The van der Waals surface area contributed by atoms with Crippen molar-refractivity contribution in [2.75, 3.05) is 44.3 Å². The van der Waals surface area contributed by atoms with Gasteiger partial charge in [-0.2, -0.15) is 0 Å². The lowest BCUT2D eigenvalue weighted by Crippen LogP contribution is -2.36. The molecule has 0 atom stereocenters. The zero-order chi connectivity index (χ0) is 22.8. The minimum Gasteiger partial charge on any atom is -0.492 e. The van der Waals surface area contributed by atoms with Crippen molar-refractivity contribution in [3.63, 3.8) is 0 Å². The minimum absolute atomic E-state index is 0.296. The van der Waals surface area contributed by atoms with Gasteiger partial charge in [-0.15, -0.1) is 0 Å². The second kappa shape index (κ2) is 12.0. The van der Waals surface area contributed by atoms with Crippen LogP contribution in [0.2, 0.25) is 0 Å². The molecule has 3 N–H and O–H groups in total. The zero-order valence-electron chi connectivity index (χ0n) is 18.1. The van der Waals surface area contributed by atoms with Crippen LogP contribution in [0.3, 0.4) is 0 Å². The van der Waals surface area contributed by atoms with Crippen molar-refractivity contribution < 1.29 is 29.3 Å². The van der Waals surface area contributed by atoms with Crippen molar-refractivity contribution in [2.45, 2.75) is 25.7 Å². The maximum atomic E-state index is 9.64. The average Bonchev–Trinajstić information content (AvgIpc) is 3.02. The van der Waals surface area contributed by atoms with Gasteiger partial charge in [0.25, 0.3) is 0 Å². The van der Waals surface area contributed by atoms with Crippen LogP contribution >= 0.6 is 0 Å². The number of nitrogens with zero attached hydrogens (tertiary/aromatic N) is 1. The molecule has 2 aliphatic heterocycles. The lowest BCUT2D eigenvalue weighted by atomic mass is 10.0. The van der Waals surface area contributed by atoms with E-state index in [0.717, 1.165) is 57.1 Å². The molecule has 0 aromatic heterocycles. The third-order valence-electron chi connectivity index (χ3n) is 5.31. The zero-order valence-corrected chi connectivity index (χ0v) is 18.1. The third-order valence-corrected chi connectivity index (χ3v) is 5.31. The van der Waals surface area contributed by atoms with E-state index in [9.17, 15) is 9.59 Å². The number of benzene rings is 2. The summed E-state index contributed by atoms with van der Waals surface area (Å²) >= 11 is 0. The highest BCUT2D eigenvalue weighted by molar-refractivity contribution is 5.75. The molecular weight excluding hydrogens is 412 g/mol. The molecule has 0 radical (unpaired) electrons. The topological polar surface area (TPSA) is 108 Å². The van der Waals surface area contributed by atoms with Crippen molar-refractivity contribution in [3.05, 3.63) is 53.6 Å². The van der Waals surface area contributed by atoms with Gasteiger partial charge in [0.2, 0.25) is 0 Å². The molecule has 8 heteroatoms. The summed E-state index contributed by atoms with van der Waals surface area (Å²) in [5.74, 6) is -0.194. The molecule has 0 fully saturated rings. The van der Waals surface area contributed by atoms with Crippen LogP contribution < -0.4 is 19.7 Å². The molecule has 0 unspecified atom stereocenters. The van der Waals surface area contributed by atoms with Gasteiger partial charge in [0.05, 0.1) is 31.6 Å². The first kappa shape index (κ1) is 23.4. The Kier molecular flexibility index (Phi) is 8.74. The number of ether oxygens (including phenoxy) is 2. The van der Waals surface area contributed by atoms with E-state index in [2.05, 4.69) is 22.3 Å². The van der Waals surface area contributed by atoms with Crippen LogP contribution in [0.1, 0.15) is 24.0 Å². The van der Waals surface area contributed by atoms with Crippen molar-refractivity contribution in [1.29, 1.82) is 0 Å². The van der Waals surface area contributed by atoms with Gasteiger partial charge in [0, 0.05) is 0 Å². The van der Waals surface area contributed by atoms with E-state index in [0.29, 0.717) is 6.61 Å². The molecule has 32 heavy (non-hydrogen) atoms. The van der Waals surface area contributed by atoms with Crippen LogP contribution in [0.15, 0.2) is 42.5 Å². The number of fused-ring (bicyclic) bond motifs is 2. The Hall–Kier alpha value is -3.26. The summed E-state index contributed by atoms with van der Waals surface area (Å²) in [5, 5.41) is 19.3. The second-order valence-corrected chi connectivity index (χ2v) is 7.62. The van der Waals surface area contributed by atoms with Crippen LogP contribution in [0, 0.1) is 0 Å². The normalized spacial score (nSPS) is 14.6. The number of hydrogen-bond acceptors (Lipinski definition) is 6. The molecule has 0 spiro atoms. The maximum absolute atomic E-state index is 9.64. The Morgan fingerprint density at radius 3 is 2.31 bits per heavy atom. The second-order valence-electron chi connectivity index (χ2n) is 7.62. The van der Waals surface area contributed by atoms with Gasteiger partial charge in [-0.25, -0.2) is 0 Å². The van der Waals surface area contributed by atoms with Gasteiger partial charge in [-0.3, -0.25) is 9.59 Å². The van der Waals surface area contributed by atoms with Gasteiger partial charge in [0.15, 0.2) is 0 Å². The number of rotatable bonds is 7. The van der Waals surface area contributed by atoms with Crippen molar-refractivity contribution in [3.8, 4) is 11.5 Å². The predicted octanol–water partition coefficient (Wildman–Crippen LogP) is 2.59. The first-order chi connectivity index (χ1) is 15.5. The number of carboxylic acid groups (broad SMARTS) is 2. The average molecular weight is 443 g/mol. The molecule has 8 nitrogen and oxygen atoms in total. The summed E-state index contributed by atoms with van der Waals surface area (Å²) in [5.41, 5.74) is 4.11. The number of para-hydroxylation sites is 1. The van der Waals surface area contributed by atoms with Crippen LogP contribution in [-0.2, 0) is 22.4 Å². The largest absolute Gasteiger partial charge is 0.492 e. The van der Waals surface area contributed by atoms with Gasteiger partial charge in [-0.05, 0) is 61.3 Å². The predicted molar refractivity (Wildman–Crippen MR) is 121 cm³/mol. The van der Waals surface area contributed by atoms with Crippen molar-refractivity contribution >= 4 is 17.6 Å². The number of hydrogen-bond donors (Lipinski definition) is 3. The molecule has 0 bridgehead atoms. The van der Waals surface area contributed by atoms with Crippen LogP contribution in [0.4, 0.5) is 5.69 Å². The Morgan fingerprint density at radius 1 is 1.00 bits per heavy atom. The first-order valence-corrected chi connectivity index (χ1v) is 10.9. The van der Waals surface area contributed by atoms with Crippen LogP contribution in [-0.4, -0.2) is 61.5 Å². The lowest BCUT2D eigenvalue weighted by molar-refractivity contribution is -0.143. The number of carbonyl (C=O) groups is 2. The smallest absolute Gasteiger partial charge is 0.303 e. The molecule has 172 valence electrons. The molecule has 2 aromatic rings. The van der Waals surface area contributed by atoms with Crippen LogP contribution in [0.25, 0.3) is 0 Å².